The Morgan fingerprint density at radius 2 is 1.94 bits per heavy atom. The topological polar surface area (TPSA) is 52.6 Å². The quantitative estimate of drug-likeness (QED) is 0.723. The number of likely N-dealkylation sites (tertiary alicyclic amines) is 1. The van der Waals surface area contributed by atoms with Crippen molar-refractivity contribution in [2.75, 3.05) is 19.6 Å². The normalized spacial score (nSPS) is 20.6. The summed E-state index contributed by atoms with van der Waals surface area (Å²) in [7, 11) is 0. The molecule has 0 spiro atoms. The molecular formula is C14H28N2O2. The third kappa shape index (κ3) is 5.83. The lowest BCUT2D eigenvalue weighted by Gasteiger charge is -2.43. The van der Waals surface area contributed by atoms with Crippen LogP contribution in [0.5, 0.6) is 0 Å². The van der Waals surface area contributed by atoms with Gasteiger partial charge in [0.25, 0.3) is 0 Å². The van der Waals surface area contributed by atoms with Crippen molar-refractivity contribution in [1.82, 2.24) is 10.2 Å². The van der Waals surface area contributed by atoms with Gasteiger partial charge < -0.3 is 10.4 Å². The summed E-state index contributed by atoms with van der Waals surface area (Å²) in [6.07, 6.45) is 3.42. The van der Waals surface area contributed by atoms with E-state index in [0.717, 1.165) is 18.8 Å². The molecule has 1 heterocycles. The van der Waals surface area contributed by atoms with Gasteiger partial charge in [-0.1, -0.05) is 26.7 Å². The Balaban J connectivity index is 2.09. The Bertz CT molecular complexity index is 269. The molecular weight excluding hydrogens is 228 g/mol. The van der Waals surface area contributed by atoms with E-state index in [1.54, 1.807) is 6.92 Å². The highest BCUT2D eigenvalue weighted by Crippen LogP contribution is 2.18. The first kappa shape index (κ1) is 15.4. The zero-order valence-electron chi connectivity index (χ0n) is 12.2. The minimum absolute atomic E-state index is 0.0718. The summed E-state index contributed by atoms with van der Waals surface area (Å²) < 4.78 is 0. The number of amides is 1. The average Bonchev–Trinajstić information content (AvgIpc) is 2.13. The monoisotopic (exact) mass is 256 g/mol. The molecule has 0 aromatic rings. The number of carbonyl (C=O) groups excluding carboxylic acids is 1. The fraction of sp³-hybridized carbons (Fsp3) is 0.929. The number of β-amino-alcohol motifs (C(OH)–C–C–N with tert-alkyl or cyclic N) is 1. The molecule has 4 nitrogen and oxygen atoms in total. The van der Waals surface area contributed by atoms with Crippen LogP contribution < -0.4 is 5.32 Å². The van der Waals surface area contributed by atoms with Crippen LogP contribution in [0.25, 0.3) is 0 Å². The van der Waals surface area contributed by atoms with Gasteiger partial charge in [0.2, 0.25) is 5.91 Å². The predicted molar refractivity (Wildman–Crippen MR) is 73.4 cm³/mol. The Morgan fingerprint density at radius 1 is 1.33 bits per heavy atom. The van der Waals surface area contributed by atoms with E-state index in [0.29, 0.717) is 19.6 Å². The number of hydrogen-bond donors (Lipinski definition) is 2. The SMILES string of the molecule is CC(C)CCCC(C)NC(=O)CN1CC(C)(O)C1. The van der Waals surface area contributed by atoms with Gasteiger partial charge in [0.1, 0.15) is 0 Å². The van der Waals surface area contributed by atoms with Crippen LogP contribution >= 0.6 is 0 Å². The van der Waals surface area contributed by atoms with Gasteiger partial charge in [-0.15, -0.1) is 0 Å². The van der Waals surface area contributed by atoms with Crippen molar-refractivity contribution in [3.63, 3.8) is 0 Å². The first-order valence-corrected chi connectivity index (χ1v) is 7.02. The van der Waals surface area contributed by atoms with Crippen LogP contribution in [0.2, 0.25) is 0 Å². The molecule has 18 heavy (non-hydrogen) atoms. The second-order valence-electron chi connectivity index (χ2n) is 6.44. The molecule has 106 valence electrons. The molecule has 1 amide bonds. The van der Waals surface area contributed by atoms with Gasteiger partial charge in [0.05, 0.1) is 12.1 Å². The van der Waals surface area contributed by atoms with Gasteiger partial charge in [-0.05, 0) is 26.2 Å². The lowest BCUT2D eigenvalue weighted by molar-refractivity contribution is -0.130. The Kier molecular flexibility index (Phi) is 5.60. The molecule has 0 aliphatic carbocycles. The van der Waals surface area contributed by atoms with Gasteiger partial charge in [-0.25, -0.2) is 0 Å². The summed E-state index contributed by atoms with van der Waals surface area (Å²) >= 11 is 0. The van der Waals surface area contributed by atoms with Crippen molar-refractivity contribution >= 4 is 5.91 Å². The molecule has 2 N–H and O–H groups in total. The molecule has 1 fully saturated rings. The van der Waals surface area contributed by atoms with Gasteiger partial charge in [0.15, 0.2) is 0 Å². The number of nitrogens with one attached hydrogen (secondary N) is 1. The molecule has 0 aromatic carbocycles. The van der Waals surface area contributed by atoms with Gasteiger partial charge in [0, 0.05) is 19.1 Å². The maximum atomic E-state index is 11.7. The summed E-state index contributed by atoms with van der Waals surface area (Å²) in [4.78, 5) is 13.7. The van der Waals surface area contributed by atoms with Crippen LogP contribution in [-0.4, -0.2) is 47.2 Å². The summed E-state index contributed by atoms with van der Waals surface area (Å²) in [6, 6.07) is 0.248. The van der Waals surface area contributed by atoms with Crippen molar-refractivity contribution in [2.24, 2.45) is 5.92 Å². The molecule has 1 saturated heterocycles. The summed E-state index contributed by atoms with van der Waals surface area (Å²) in [5.41, 5.74) is -0.594. The van der Waals surface area contributed by atoms with E-state index in [1.165, 1.54) is 6.42 Å². The molecule has 0 aromatic heterocycles. The van der Waals surface area contributed by atoms with E-state index in [2.05, 4.69) is 26.1 Å². The molecule has 1 aliphatic heterocycles. The third-order valence-electron chi connectivity index (χ3n) is 3.32. The van der Waals surface area contributed by atoms with E-state index < -0.39 is 5.60 Å². The van der Waals surface area contributed by atoms with Crippen molar-refractivity contribution < 1.29 is 9.90 Å². The highest BCUT2D eigenvalue weighted by atomic mass is 16.3. The first-order valence-electron chi connectivity index (χ1n) is 7.02. The van der Waals surface area contributed by atoms with Gasteiger partial charge in [-0.3, -0.25) is 9.69 Å². The Hall–Kier alpha value is -0.610. The highest BCUT2D eigenvalue weighted by molar-refractivity contribution is 5.78. The molecule has 1 rings (SSSR count). The van der Waals surface area contributed by atoms with E-state index in [-0.39, 0.29) is 11.9 Å². The minimum Gasteiger partial charge on any atom is -0.388 e. The number of carbonyl (C=O) groups is 1. The van der Waals surface area contributed by atoms with Crippen molar-refractivity contribution in [3.05, 3.63) is 0 Å². The molecule has 1 atom stereocenters. The molecule has 0 saturated carbocycles. The summed E-state index contributed by atoms with van der Waals surface area (Å²) in [6.45, 7) is 9.91. The highest BCUT2D eigenvalue weighted by Gasteiger charge is 2.37. The summed E-state index contributed by atoms with van der Waals surface area (Å²) in [5.74, 6) is 0.804. The van der Waals surface area contributed by atoms with Gasteiger partial charge in [-0.2, -0.15) is 0 Å². The second-order valence-corrected chi connectivity index (χ2v) is 6.44. The van der Waals surface area contributed by atoms with Crippen molar-refractivity contribution in [2.45, 2.75) is 58.6 Å². The third-order valence-corrected chi connectivity index (χ3v) is 3.32. The van der Waals surface area contributed by atoms with Crippen molar-refractivity contribution in [3.8, 4) is 0 Å². The van der Waals surface area contributed by atoms with Crippen LogP contribution in [0, 0.1) is 5.92 Å². The van der Waals surface area contributed by atoms with Crippen LogP contribution in [0.4, 0.5) is 0 Å². The average molecular weight is 256 g/mol. The van der Waals surface area contributed by atoms with E-state index in [9.17, 15) is 9.90 Å². The number of hydrogen-bond acceptors (Lipinski definition) is 3. The molecule has 4 heteroatoms. The maximum Gasteiger partial charge on any atom is 0.234 e. The first-order chi connectivity index (χ1) is 8.28. The van der Waals surface area contributed by atoms with Gasteiger partial charge >= 0.3 is 0 Å². The zero-order valence-corrected chi connectivity index (χ0v) is 12.2. The number of aliphatic hydroxyl groups is 1. The van der Waals surface area contributed by atoms with Crippen LogP contribution in [-0.2, 0) is 4.79 Å². The van der Waals surface area contributed by atoms with E-state index in [4.69, 9.17) is 0 Å². The summed E-state index contributed by atoms with van der Waals surface area (Å²) in [5, 5.41) is 12.6. The largest absolute Gasteiger partial charge is 0.388 e. The molecule has 0 bridgehead atoms. The lowest BCUT2D eigenvalue weighted by atomic mass is 9.97. The van der Waals surface area contributed by atoms with Crippen LogP contribution in [0.1, 0.15) is 47.0 Å². The van der Waals surface area contributed by atoms with Crippen molar-refractivity contribution in [1.29, 1.82) is 0 Å². The molecule has 1 aliphatic rings. The van der Waals surface area contributed by atoms with Crippen LogP contribution in [0.15, 0.2) is 0 Å². The molecule has 1 unspecified atom stereocenters. The maximum absolute atomic E-state index is 11.7. The Morgan fingerprint density at radius 3 is 2.44 bits per heavy atom. The Labute approximate surface area is 111 Å². The number of rotatable bonds is 7. The smallest absolute Gasteiger partial charge is 0.234 e. The van der Waals surface area contributed by atoms with E-state index in [1.807, 2.05) is 4.90 Å². The zero-order chi connectivity index (χ0) is 13.8. The minimum atomic E-state index is -0.594. The fourth-order valence-electron chi connectivity index (χ4n) is 2.46. The second kappa shape index (κ2) is 6.53. The van der Waals surface area contributed by atoms with E-state index >= 15 is 0 Å². The number of nitrogens with zero attached hydrogens (tertiary/aromatic N) is 1. The fourth-order valence-corrected chi connectivity index (χ4v) is 2.46. The predicted octanol–water partition coefficient (Wildman–Crippen LogP) is 1.38. The van der Waals surface area contributed by atoms with Crippen LogP contribution in [0.3, 0.4) is 0 Å². The standard InChI is InChI=1S/C14H28N2O2/c1-11(2)6-5-7-12(3)15-13(17)8-16-9-14(4,18)10-16/h11-12,18H,5-10H2,1-4H3,(H,15,17). The lowest BCUT2D eigenvalue weighted by Crippen LogP contribution is -2.61. The molecule has 0 radical (unpaired) electrons.